The summed E-state index contributed by atoms with van der Waals surface area (Å²) in [5, 5.41) is 18.7. The zero-order valence-corrected chi connectivity index (χ0v) is 13.9. The number of aryl methyl sites for hydroxylation is 1. The highest BCUT2D eigenvalue weighted by molar-refractivity contribution is 5.97. The van der Waals surface area contributed by atoms with Crippen LogP contribution >= 0.6 is 0 Å². The van der Waals surface area contributed by atoms with E-state index in [-0.39, 0.29) is 37.6 Å². The number of carboxylic acids is 1. The molecular weight excluding hydrogens is 324 g/mol. The van der Waals surface area contributed by atoms with E-state index in [9.17, 15) is 14.4 Å². The number of Topliss-reactive ketones (excluding diaryl/α,β-unsaturated/α-hetero) is 1. The normalized spacial score (nSPS) is 10.4. The smallest absolute Gasteiger partial charge is 0.325 e. The molecule has 1 aromatic carbocycles. The number of carbonyl (C=O) groups is 3. The number of rotatable bonds is 9. The number of ketones is 1. The van der Waals surface area contributed by atoms with Gasteiger partial charge in [-0.2, -0.15) is 0 Å². The average Bonchev–Trinajstić information content (AvgIpc) is 3.04. The summed E-state index contributed by atoms with van der Waals surface area (Å²) < 4.78 is 1.17. The second-order valence-corrected chi connectivity index (χ2v) is 5.55. The van der Waals surface area contributed by atoms with Gasteiger partial charge in [-0.05, 0) is 12.0 Å². The Balaban J connectivity index is 1.75. The molecule has 1 heterocycles. The van der Waals surface area contributed by atoms with Gasteiger partial charge in [0.2, 0.25) is 5.91 Å². The van der Waals surface area contributed by atoms with E-state index in [1.807, 2.05) is 19.1 Å². The molecule has 25 heavy (non-hydrogen) atoms. The predicted octanol–water partition coefficient (Wildman–Crippen LogP) is 1.20. The first-order valence-corrected chi connectivity index (χ1v) is 7.97. The number of carbonyl (C=O) groups excluding carboxylic acids is 2. The molecule has 2 N–H and O–H groups in total. The zero-order chi connectivity index (χ0) is 18.2. The number of nitrogens with one attached hydrogen (secondary N) is 1. The molecule has 1 aromatic heterocycles. The van der Waals surface area contributed by atoms with Gasteiger partial charge in [0.1, 0.15) is 12.2 Å². The first kappa shape index (κ1) is 18.3. The summed E-state index contributed by atoms with van der Waals surface area (Å²) in [4.78, 5) is 34.4. The van der Waals surface area contributed by atoms with Gasteiger partial charge in [0, 0.05) is 18.4 Å². The maximum Gasteiger partial charge on any atom is 0.325 e. The number of amides is 1. The van der Waals surface area contributed by atoms with Crippen LogP contribution in [-0.4, -0.2) is 37.8 Å². The van der Waals surface area contributed by atoms with Crippen molar-refractivity contribution in [2.75, 3.05) is 0 Å². The van der Waals surface area contributed by atoms with E-state index in [0.717, 1.165) is 12.0 Å². The highest BCUT2D eigenvalue weighted by Crippen LogP contribution is 2.09. The molecule has 2 rings (SSSR count). The van der Waals surface area contributed by atoms with Crippen molar-refractivity contribution in [2.45, 2.75) is 39.3 Å². The van der Waals surface area contributed by atoms with Crippen molar-refractivity contribution >= 4 is 17.7 Å². The molecule has 0 aliphatic carbocycles. The molecule has 8 heteroatoms. The number of carboxylic acid groups (broad SMARTS) is 1. The lowest BCUT2D eigenvalue weighted by Crippen LogP contribution is -2.23. The SMILES string of the molecule is CCc1ccc(C(=O)CCC(=O)NCc2cn(CC(=O)O)nn2)cc1. The lowest BCUT2D eigenvalue weighted by molar-refractivity contribution is -0.138. The van der Waals surface area contributed by atoms with Crippen molar-refractivity contribution in [2.24, 2.45) is 0 Å². The summed E-state index contributed by atoms with van der Waals surface area (Å²) in [6, 6.07) is 7.38. The Labute approximate surface area is 144 Å². The van der Waals surface area contributed by atoms with Gasteiger partial charge in [0.05, 0.1) is 12.7 Å². The second-order valence-electron chi connectivity index (χ2n) is 5.55. The molecule has 0 bridgehead atoms. The Morgan fingerprint density at radius 1 is 1.16 bits per heavy atom. The van der Waals surface area contributed by atoms with Crippen molar-refractivity contribution in [3.8, 4) is 0 Å². The number of aliphatic carboxylic acids is 1. The Bertz CT molecular complexity index is 752. The minimum atomic E-state index is -1.02. The number of aromatic nitrogens is 3. The average molecular weight is 344 g/mol. The molecule has 2 aromatic rings. The maximum atomic E-state index is 12.1. The van der Waals surface area contributed by atoms with E-state index in [0.29, 0.717) is 11.3 Å². The van der Waals surface area contributed by atoms with Crippen LogP contribution in [0.4, 0.5) is 0 Å². The van der Waals surface area contributed by atoms with Crippen LogP contribution < -0.4 is 5.32 Å². The molecule has 0 radical (unpaired) electrons. The molecule has 8 nitrogen and oxygen atoms in total. The first-order chi connectivity index (χ1) is 12.0. The largest absolute Gasteiger partial charge is 0.480 e. The van der Waals surface area contributed by atoms with Crippen molar-refractivity contribution in [1.82, 2.24) is 20.3 Å². The third kappa shape index (κ3) is 5.83. The van der Waals surface area contributed by atoms with Crippen LogP contribution in [0.5, 0.6) is 0 Å². The van der Waals surface area contributed by atoms with Gasteiger partial charge in [-0.1, -0.05) is 36.4 Å². The standard InChI is InChI=1S/C17H20N4O4/c1-2-12-3-5-13(6-4-12)15(22)7-8-16(23)18-9-14-10-21(20-19-14)11-17(24)25/h3-6,10H,2,7-9,11H2,1H3,(H,18,23)(H,24,25). The lowest BCUT2D eigenvalue weighted by Gasteiger charge is -2.04. The van der Waals surface area contributed by atoms with E-state index in [2.05, 4.69) is 15.6 Å². The van der Waals surface area contributed by atoms with Crippen molar-refractivity contribution in [3.05, 3.63) is 47.3 Å². The number of hydrogen-bond acceptors (Lipinski definition) is 5. The third-order valence-electron chi connectivity index (χ3n) is 3.61. The summed E-state index contributed by atoms with van der Waals surface area (Å²) in [6.45, 7) is 1.89. The third-order valence-corrected chi connectivity index (χ3v) is 3.61. The molecule has 132 valence electrons. The molecule has 0 atom stereocenters. The van der Waals surface area contributed by atoms with Crippen LogP contribution in [0.2, 0.25) is 0 Å². The van der Waals surface area contributed by atoms with E-state index in [4.69, 9.17) is 5.11 Å². The topological polar surface area (TPSA) is 114 Å². The van der Waals surface area contributed by atoms with Gasteiger partial charge in [-0.3, -0.25) is 14.4 Å². The minimum absolute atomic E-state index is 0.0785. The molecule has 0 fully saturated rings. The highest BCUT2D eigenvalue weighted by Gasteiger charge is 2.10. The Morgan fingerprint density at radius 2 is 1.88 bits per heavy atom. The van der Waals surface area contributed by atoms with E-state index in [1.165, 1.54) is 10.9 Å². The monoisotopic (exact) mass is 344 g/mol. The molecule has 0 aliphatic rings. The maximum absolute atomic E-state index is 12.1. The summed E-state index contributed by atoms with van der Waals surface area (Å²) in [5.74, 6) is -1.37. The van der Waals surface area contributed by atoms with E-state index >= 15 is 0 Å². The van der Waals surface area contributed by atoms with Crippen LogP contribution in [0, 0.1) is 0 Å². The first-order valence-electron chi connectivity index (χ1n) is 7.97. The van der Waals surface area contributed by atoms with Gasteiger partial charge in [-0.15, -0.1) is 5.10 Å². The predicted molar refractivity (Wildman–Crippen MR) is 88.9 cm³/mol. The van der Waals surface area contributed by atoms with Gasteiger partial charge in [-0.25, -0.2) is 4.68 Å². The van der Waals surface area contributed by atoms with Crippen LogP contribution in [0.3, 0.4) is 0 Å². The van der Waals surface area contributed by atoms with Crippen molar-refractivity contribution in [3.63, 3.8) is 0 Å². The van der Waals surface area contributed by atoms with Gasteiger partial charge in [0.15, 0.2) is 5.78 Å². The summed E-state index contributed by atoms with van der Waals surface area (Å²) in [6.07, 6.45) is 2.57. The molecular formula is C17H20N4O4. The molecule has 0 spiro atoms. The summed E-state index contributed by atoms with van der Waals surface area (Å²) in [7, 11) is 0. The Hall–Kier alpha value is -3.03. The van der Waals surface area contributed by atoms with Crippen LogP contribution in [-0.2, 0) is 29.1 Å². The molecule has 0 aliphatic heterocycles. The number of nitrogens with zero attached hydrogens (tertiary/aromatic N) is 3. The van der Waals surface area contributed by atoms with Gasteiger partial charge >= 0.3 is 5.97 Å². The van der Waals surface area contributed by atoms with Gasteiger partial charge < -0.3 is 10.4 Å². The highest BCUT2D eigenvalue weighted by atomic mass is 16.4. The van der Waals surface area contributed by atoms with E-state index in [1.54, 1.807) is 12.1 Å². The fraction of sp³-hybridized carbons (Fsp3) is 0.353. The Kier molecular flexibility index (Phi) is 6.39. The quantitative estimate of drug-likeness (QED) is 0.661. The molecule has 1 amide bonds. The fourth-order valence-electron chi connectivity index (χ4n) is 2.21. The minimum Gasteiger partial charge on any atom is -0.480 e. The van der Waals surface area contributed by atoms with Crippen LogP contribution in [0.1, 0.15) is 41.4 Å². The summed E-state index contributed by atoms with van der Waals surface area (Å²) in [5.41, 5.74) is 2.21. The lowest BCUT2D eigenvalue weighted by atomic mass is 10.0. The number of benzene rings is 1. The molecule has 0 unspecified atom stereocenters. The fourth-order valence-corrected chi connectivity index (χ4v) is 2.21. The zero-order valence-electron chi connectivity index (χ0n) is 13.9. The van der Waals surface area contributed by atoms with Crippen LogP contribution in [0.25, 0.3) is 0 Å². The number of hydrogen-bond donors (Lipinski definition) is 2. The molecule has 0 saturated heterocycles. The molecule has 0 saturated carbocycles. The van der Waals surface area contributed by atoms with Crippen LogP contribution in [0.15, 0.2) is 30.5 Å². The summed E-state index contributed by atoms with van der Waals surface area (Å²) >= 11 is 0. The second kappa shape index (κ2) is 8.72. The van der Waals surface area contributed by atoms with E-state index < -0.39 is 5.97 Å². The Morgan fingerprint density at radius 3 is 2.52 bits per heavy atom. The van der Waals surface area contributed by atoms with Gasteiger partial charge in [0.25, 0.3) is 0 Å². The van der Waals surface area contributed by atoms with Crippen molar-refractivity contribution in [1.29, 1.82) is 0 Å². The van der Waals surface area contributed by atoms with Crippen molar-refractivity contribution < 1.29 is 19.5 Å².